The van der Waals surface area contributed by atoms with Gasteiger partial charge in [-0.25, -0.2) is 4.79 Å². The topological polar surface area (TPSA) is 32.3 Å². The molecular formula is C17H15F3N2O. The number of amides is 2. The van der Waals surface area contributed by atoms with E-state index in [9.17, 15) is 18.0 Å². The van der Waals surface area contributed by atoms with Gasteiger partial charge in [-0.05, 0) is 43.2 Å². The SMILES string of the molecule is C[C@H]1Cc2ccccc2N1C(=O)Nc1cccc(C(F)(F)F)c1. The molecule has 0 aliphatic carbocycles. The molecule has 2 aromatic rings. The van der Waals surface area contributed by atoms with E-state index in [4.69, 9.17) is 0 Å². The second kappa shape index (κ2) is 5.61. The number of carbonyl (C=O) groups is 1. The summed E-state index contributed by atoms with van der Waals surface area (Å²) < 4.78 is 38.2. The van der Waals surface area contributed by atoms with E-state index in [-0.39, 0.29) is 11.7 Å². The average molecular weight is 320 g/mol. The molecule has 0 bridgehead atoms. The van der Waals surface area contributed by atoms with Crippen molar-refractivity contribution in [2.45, 2.75) is 25.6 Å². The first kappa shape index (κ1) is 15.4. The van der Waals surface area contributed by atoms with E-state index in [0.717, 1.165) is 29.8 Å². The molecule has 0 radical (unpaired) electrons. The number of anilines is 2. The molecule has 0 fully saturated rings. The number of nitrogens with one attached hydrogen (secondary N) is 1. The van der Waals surface area contributed by atoms with E-state index >= 15 is 0 Å². The van der Waals surface area contributed by atoms with Crippen LogP contribution >= 0.6 is 0 Å². The number of nitrogens with zero attached hydrogens (tertiary/aromatic N) is 1. The molecule has 0 aromatic heterocycles. The average Bonchev–Trinajstić information content (AvgIpc) is 2.82. The van der Waals surface area contributed by atoms with Crippen molar-refractivity contribution in [1.29, 1.82) is 0 Å². The molecule has 6 heteroatoms. The minimum Gasteiger partial charge on any atom is -0.308 e. The first-order valence-corrected chi connectivity index (χ1v) is 7.21. The largest absolute Gasteiger partial charge is 0.416 e. The molecule has 1 aliphatic rings. The van der Waals surface area contributed by atoms with Crippen LogP contribution in [0.5, 0.6) is 0 Å². The Hall–Kier alpha value is -2.50. The van der Waals surface area contributed by atoms with Crippen molar-refractivity contribution in [2.75, 3.05) is 10.2 Å². The summed E-state index contributed by atoms with van der Waals surface area (Å²) in [5.74, 6) is 0. The number of fused-ring (bicyclic) bond motifs is 1. The fourth-order valence-corrected chi connectivity index (χ4v) is 2.83. The fraction of sp³-hybridized carbons (Fsp3) is 0.235. The lowest BCUT2D eigenvalue weighted by molar-refractivity contribution is -0.137. The lowest BCUT2D eigenvalue weighted by Crippen LogP contribution is -2.39. The van der Waals surface area contributed by atoms with Gasteiger partial charge in [-0.3, -0.25) is 4.90 Å². The van der Waals surface area contributed by atoms with Crippen LogP contribution in [0.15, 0.2) is 48.5 Å². The van der Waals surface area contributed by atoms with Crippen LogP contribution in [-0.4, -0.2) is 12.1 Å². The maximum Gasteiger partial charge on any atom is 0.416 e. The van der Waals surface area contributed by atoms with E-state index in [1.807, 2.05) is 31.2 Å². The monoisotopic (exact) mass is 320 g/mol. The second-order valence-electron chi connectivity index (χ2n) is 5.56. The van der Waals surface area contributed by atoms with Gasteiger partial charge >= 0.3 is 12.2 Å². The predicted octanol–water partition coefficient (Wildman–Crippen LogP) is 4.69. The summed E-state index contributed by atoms with van der Waals surface area (Å²) >= 11 is 0. The smallest absolute Gasteiger partial charge is 0.308 e. The van der Waals surface area contributed by atoms with Gasteiger partial charge in [0, 0.05) is 17.4 Å². The van der Waals surface area contributed by atoms with Crippen molar-refractivity contribution in [1.82, 2.24) is 0 Å². The highest BCUT2D eigenvalue weighted by Gasteiger charge is 2.32. The summed E-state index contributed by atoms with van der Waals surface area (Å²) in [6, 6.07) is 11.7. The van der Waals surface area contributed by atoms with Crippen LogP contribution in [0, 0.1) is 0 Å². The van der Waals surface area contributed by atoms with Crippen LogP contribution in [-0.2, 0) is 12.6 Å². The maximum atomic E-state index is 12.7. The normalized spacial score (nSPS) is 17.0. The van der Waals surface area contributed by atoms with Crippen molar-refractivity contribution < 1.29 is 18.0 Å². The Morgan fingerprint density at radius 1 is 1.17 bits per heavy atom. The molecule has 0 saturated heterocycles. The number of rotatable bonds is 1. The quantitative estimate of drug-likeness (QED) is 0.812. The number of carbonyl (C=O) groups excluding carboxylic acids is 1. The number of hydrogen-bond acceptors (Lipinski definition) is 1. The van der Waals surface area contributed by atoms with Crippen molar-refractivity contribution in [3.63, 3.8) is 0 Å². The van der Waals surface area contributed by atoms with Crippen LogP contribution in [0.2, 0.25) is 0 Å². The summed E-state index contributed by atoms with van der Waals surface area (Å²) in [7, 11) is 0. The van der Waals surface area contributed by atoms with Gasteiger partial charge in [0.15, 0.2) is 0 Å². The Labute approximate surface area is 131 Å². The molecule has 1 atom stereocenters. The van der Waals surface area contributed by atoms with E-state index in [1.165, 1.54) is 12.1 Å². The van der Waals surface area contributed by atoms with E-state index in [0.29, 0.717) is 0 Å². The predicted molar refractivity (Wildman–Crippen MR) is 82.5 cm³/mol. The third kappa shape index (κ3) is 3.02. The highest BCUT2D eigenvalue weighted by Crippen LogP contribution is 2.33. The van der Waals surface area contributed by atoms with Crippen LogP contribution < -0.4 is 10.2 Å². The molecule has 1 N–H and O–H groups in total. The number of alkyl halides is 3. The lowest BCUT2D eigenvalue weighted by atomic mass is 10.1. The zero-order chi connectivity index (χ0) is 16.6. The first-order chi connectivity index (χ1) is 10.9. The minimum atomic E-state index is -4.44. The molecule has 3 nitrogen and oxygen atoms in total. The summed E-state index contributed by atoms with van der Waals surface area (Å²) in [6.45, 7) is 1.91. The molecule has 120 valence electrons. The second-order valence-corrected chi connectivity index (χ2v) is 5.56. The number of para-hydroxylation sites is 1. The molecule has 0 saturated carbocycles. The third-order valence-electron chi connectivity index (χ3n) is 3.87. The molecule has 23 heavy (non-hydrogen) atoms. The first-order valence-electron chi connectivity index (χ1n) is 7.21. The standard InChI is InChI=1S/C17H15F3N2O/c1-11-9-12-5-2-3-8-15(12)22(11)16(23)21-14-7-4-6-13(10-14)17(18,19)20/h2-8,10-11H,9H2,1H3,(H,21,23)/t11-/m0/s1. The van der Waals surface area contributed by atoms with Gasteiger partial charge in [0.2, 0.25) is 0 Å². The van der Waals surface area contributed by atoms with Gasteiger partial charge in [0.1, 0.15) is 0 Å². The summed E-state index contributed by atoms with van der Waals surface area (Å²) in [4.78, 5) is 14.1. The molecular weight excluding hydrogens is 305 g/mol. The van der Waals surface area contributed by atoms with E-state index in [2.05, 4.69) is 5.32 Å². The van der Waals surface area contributed by atoms with Crippen molar-refractivity contribution >= 4 is 17.4 Å². The Morgan fingerprint density at radius 2 is 1.91 bits per heavy atom. The van der Waals surface area contributed by atoms with Crippen molar-refractivity contribution in [3.8, 4) is 0 Å². The third-order valence-corrected chi connectivity index (χ3v) is 3.87. The number of hydrogen-bond donors (Lipinski definition) is 1. The van der Waals surface area contributed by atoms with Gasteiger partial charge in [-0.1, -0.05) is 24.3 Å². The van der Waals surface area contributed by atoms with Gasteiger partial charge in [-0.15, -0.1) is 0 Å². The van der Waals surface area contributed by atoms with Crippen LogP contribution in [0.25, 0.3) is 0 Å². The Kier molecular flexibility index (Phi) is 3.75. The van der Waals surface area contributed by atoms with Gasteiger partial charge in [0.05, 0.1) is 5.56 Å². The Bertz CT molecular complexity index is 743. The maximum absolute atomic E-state index is 12.7. The highest BCUT2D eigenvalue weighted by atomic mass is 19.4. The minimum absolute atomic E-state index is 0.0433. The Morgan fingerprint density at radius 3 is 2.65 bits per heavy atom. The zero-order valence-electron chi connectivity index (χ0n) is 12.4. The molecule has 1 aliphatic heterocycles. The molecule has 1 heterocycles. The summed E-state index contributed by atoms with van der Waals surface area (Å²) in [5, 5.41) is 2.55. The van der Waals surface area contributed by atoms with Gasteiger partial charge in [0.25, 0.3) is 0 Å². The number of urea groups is 1. The van der Waals surface area contributed by atoms with Crippen LogP contribution in [0.1, 0.15) is 18.1 Å². The molecule has 3 rings (SSSR count). The number of benzene rings is 2. The summed E-state index contributed by atoms with van der Waals surface area (Å²) in [5.41, 5.74) is 1.19. The fourth-order valence-electron chi connectivity index (χ4n) is 2.83. The lowest BCUT2D eigenvalue weighted by Gasteiger charge is -2.23. The Balaban J connectivity index is 1.83. The molecule has 2 amide bonds. The van der Waals surface area contributed by atoms with Crippen molar-refractivity contribution in [2.24, 2.45) is 0 Å². The molecule has 2 aromatic carbocycles. The van der Waals surface area contributed by atoms with E-state index < -0.39 is 17.8 Å². The van der Waals surface area contributed by atoms with E-state index in [1.54, 1.807) is 4.90 Å². The zero-order valence-corrected chi connectivity index (χ0v) is 12.4. The van der Waals surface area contributed by atoms with Crippen molar-refractivity contribution in [3.05, 3.63) is 59.7 Å². The number of halogens is 3. The molecule has 0 unspecified atom stereocenters. The van der Waals surface area contributed by atoms with Gasteiger partial charge in [-0.2, -0.15) is 13.2 Å². The van der Waals surface area contributed by atoms with Crippen LogP contribution in [0.3, 0.4) is 0 Å². The highest BCUT2D eigenvalue weighted by molar-refractivity contribution is 6.03. The summed E-state index contributed by atoms with van der Waals surface area (Å²) in [6.07, 6.45) is -3.71. The van der Waals surface area contributed by atoms with Gasteiger partial charge < -0.3 is 5.32 Å². The molecule has 0 spiro atoms. The van der Waals surface area contributed by atoms with Crippen LogP contribution in [0.4, 0.5) is 29.3 Å².